The number of hydrogen-bond donors (Lipinski definition) is 0. The van der Waals surface area contributed by atoms with Crippen molar-refractivity contribution in [3.63, 3.8) is 0 Å². The molecule has 2 rings (SSSR count). The summed E-state index contributed by atoms with van der Waals surface area (Å²) in [7, 11) is 0. The predicted octanol–water partition coefficient (Wildman–Crippen LogP) is 3.31. The molecule has 3 heteroatoms. The molecule has 0 N–H and O–H groups in total. The number of pyridine rings is 2. The maximum Gasteiger partial charge on any atom is 0.0641 e. The van der Waals surface area contributed by atoms with Gasteiger partial charge < -0.3 is 0 Å². The van der Waals surface area contributed by atoms with Crippen LogP contribution in [0.4, 0.5) is 0 Å². The number of rotatable bonds is 3. The standard InChI is InChI=1S/C13H13ClN2/c1-10-3-2-6-16-13(10)9-12(14)11-4-7-15-8-5-11/h2-8,12H,9H2,1H3. The van der Waals surface area contributed by atoms with Gasteiger partial charge in [0.15, 0.2) is 0 Å². The summed E-state index contributed by atoms with van der Waals surface area (Å²) in [6, 6.07) is 7.87. The second kappa shape index (κ2) is 5.08. The molecule has 0 amide bonds. The van der Waals surface area contributed by atoms with Crippen molar-refractivity contribution in [3.05, 3.63) is 59.7 Å². The van der Waals surface area contributed by atoms with E-state index < -0.39 is 0 Å². The second-order valence-corrected chi connectivity index (χ2v) is 4.25. The van der Waals surface area contributed by atoms with Crippen molar-refractivity contribution >= 4 is 11.6 Å². The summed E-state index contributed by atoms with van der Waals surface area (Å²) < 4.78 is 0. The SMILES string of the molecule is Cc1cccnc1CC(Cl)c1ccncc1. The first-order chi connectivity index (χ1) is 7.77. The molecule has 0 radical (unpaired) electrons. The van der Waals surface area contributed by atoms with E-state index in [0.717, 1.165) is 17.7 Å². The fraction of sp³-hybridized carbons (Fsp3) is 0.231. The van der Waals surface area contributed by atoms with Gasteiger partial charge in [0.05, 0.1) is 5.38 Å². The second-order valence-electron chi connectivity index (χ2n) is 3.72. The fourth-order valence-corrected chi connectivity index (χ4v) is 1.88. The minimum Gasteiger partial charge on any atom is -0.265 e. The smallest absolute Gasteiger partial charge is 0.0641 e. The highest BCUT2D eigenvalue weighted by atomic mass is 35.5. The Balaban J connectivity index is 2.14. The largest absolute Gasteiger partial charge is 0.265 e. The van der Waals surface area contributed by atoms with Crippen molar-refractivity contribution in [2.45, 2.75) is 18.7 Å². The lowest BCUT2D eigenvalue weighted by Gasteiger charge is -2.10. The summed E-state index contributed by atoms with van der Waals surface area (Å²) in [6.07, 6.45) is 6.07. The Labute approximate surface area is 100 Å². The molecule has 1 atom stereocenters. The van der Waals surface area contributed by atoms with Crippen LogP contribution in [0.2, 0.25) is 0 Å². The highest BCUT2D eigenvalue weighted by Crippen LogP contribution is 2.24. The third-order valence-corrected chi connectivity index (χ3v) is 2.96. The van der Waals surface area contributed by atoms with Crippen LogP contribution in [0.3, 0.4) is 0 Å². The van der Waals surface area contributed by atoms with Crippen LogP contribution in [0.1, 0.15) is 22.2 Å². The van der Waals surface area contributed by atoms with Gasteiger partial charge in [0.1, 0.15) is 0 Å². The fourth-order valence-electron chi connectivity index (χ4n) is 1.59. The summed E-state index contributed by atoms with van der Waals surface area (Å²) in [5, 5.41) is -0.0448. The van der Waals surface area contributed by atoms with Gasteiger partial charge in [-0.3, -0.25) is 9.97 Å². The third kappa shape index (κ3) is 2.58. The lowest BCUT2D eigenvalue weighted by Crippen LogP contribution is -2.00. The topological polar surface area (TPSA) is 25.8 Å². The van der Waals surface area contributed by atoms with Gasteiger partial charge in [0, 0.05) is 30.7 Å². The number of alkyl halides is 1. The molecule has 0 fully saturated rings. The molecular formula is C13H13ClN2. The van der Waals surface area contributed by atoms with Crippen molar-refractivity contribution in [2.24, 2.45) is 0 Å². The Morgan fingerprint density at radius 1 is 1.19 bits per heavy atom. The molecule has 0 aliphatic heterocycles. The Morgan fingerprint density at radius 3 is 2.62 bits per heavy atom. The summed E-state index contributed by atoms with van der Waals surface area (Å²) in [5.41, 5.74) is 3.32. The molecule has 0 spiro atoms. The summed E-state index contributed by atoms with van der Waals surface area (Å²) in [5.74, 6) is 0. The zero-order chi connectivity index (χ0) is 11.4. The number of hydrogen-bond acceptors (Lipinski definition) is 2. The first kappa shape index (κ1) is 11.1. The van der Waals surface area contributed by atoms with Gasteiger partial charge in [-0.1, -0.05) is 6.07 Å². The van der Waals surface area contributed by atoms with E-state index in [-0.39, 0.29) is 5.38 Å². The van der Waals surface area contributed by atoms with Crippen molar-refractivity contribution in [1.29, 1.82) is 0 Å². The molecule has 2 aromatic rings. The van der Waals surface area contributed by atoms with Crippen molar-refractivity contribution < 1.29 is 0 Å². The summed E-state index contributed by atoms with van der Waals surface area (Å²) >= 11 is 6.34. The summed E-state index contributed by atoms with van der Waals surface area (Å²) in [4.78, 5) is 8.32. The molecule has 0 bridgehead atoms. The van der Waals surface area contributed by atoms with Crippen LogP contribution in [0.15, 0.2) is 42.9 Å². The van der Waals surface area contributed by atoms with Crippen LogP contribution in [0.25, 0.3) is 0 Å². The quantitative estimate of drug-likeness (QED) is 0.759. The van der Waals surface area contributed by atoms with Crippen molar-refractivity contribution in [1.82, 2.24) is 9.97 Å². The van der Waals surface area contributed by atoms with Gasteiger partial charge >= 0.3 is 0 Å². The molecular weight excluding hydrogens is 220 g/mol. The number of aromatic nitrogens is 2. The van der Waals surface area contributed by atoms with E-state index in [4.69, 9.17) is 11.6 Å². The zero-order valence-electron chi connectivity index (χ0n) is 9.10. The van der Waals surface area contributed by atoms with E-state index >= 15 is 0 Å². The molecule has 16 heavy (non-hydrogen) atoms. The van der Waals surface area contributed by atoms with Crippen LogP contribution in [0, 0.1) is 6.92 Å². The first-order valence-corrected chi connectivity index (χ1v) is 5.65. The molecule has 2 heterocycles. The van der Waals surface area contributed by atoms with Crippen molar-refractivity contribution in [2.75, 3.05) is 0 Å². The van der Waals surface area contributed by atoms with Crippen molar-refractivity contribution in [3.8, 4) is 0 Å². The van der Waals surface area contributed by atoms with E-state index in [1.54, 1.807) is 18.6 Å². The monoisotopic (exact) mass is 232 g/mol. The molecule has 0 aliphatic rings. The van der Waals surface area contributed by atoms with Crippen LogP contribution in [0.5, 0.6) is 0 Å². The van der Waals surface area contributed by atoms with Gasteiger partial charge in [0.25, 0.3) is 0 Å². The number of aryl methyl sites for hydroxylation is 1. The maximum atomic E-state index is 6.34. The van der Waals surface area contributed by atoms with E-state index in [1.165, 1.54) is 5.56 Å². The van der Waals surface area contributed by atoms with Gasteiger partial charge in [-0.05, 0) is 36.2 Å². The van der Waals surface area contributed by atoms with Crippen LogP contribution < -0.4 is 0 Å². The maximum absolute atomic E-state index is 6.34. The Hall–Kier alpha value is -1.41. The third-order valence-electron chi connectivity index (χ3n) is 2.56. The molecule has 2 nitrogen and oxygen atoms in total. The molecule has 0 saturated carbocycles. The number of nitrogens with zero attached hydrogens (tertiary/aromatic N) is 2. The van der Waals surface area contributed by atoms with Crippen LogP contribution >= 0.6 is 11.6 Å². The van der Waals surface area contributed by atoms with E-state index in [9.17, 15) is 0 Å². The average Bonchev–Trinajstić information content (AvgIpc) is 2.33. The minimum atomic E-state index is -0.0448. The van der Waals surface area contributed by atoms with E-state index in [1.807, 2.05) is 18.2 Å². The van der Waals surface area contributed by atoms with Gasteiger partial charge in [-0.2, -0.15) is 0 Å². The van der Waals surface area contributed by atoms with Gasteiger partial charge in [-0.15, -0.1) is 11.6 Å². The molecule has 1 unspecified atom stereocenters. The lowest BCUT2D eigenvalue weighted by atomic mass is 10.1. The van der Waals surface area contributed by atoms with Crippen LogP contribution in [-0.2, 0) is 6.42 Å². The first-order valence-electron chi connectivity index (χ1n) is 5.22. The minimum absolute atomic E-state index is 0.0448. The predicted molar refractivity (Wildman–Crippen MR) is 65.5 cm³/mol. The van der Waals surface area contributed by atoms with Gasteiger partial charge in [0.2, 0.25) is 0 Å². The van der Waals surface area contributed by atoms with Gasteiger partial charge in [-0.25, -0.2) is 0 Å². The molecule has 2 aromatic heterocycles. The normalized spacial score (nSPS) is 12.4. The molecule has 0 saturated heterocycles. The molecule has 0 aromatic carbocycles. The van der Waals surface area contributed by atoms with E-state index in [2.05, 4.69) is 23.0 Å². The molecule has 0 aliphatic carbocycles. The lowest BCUT2D eigenvalue weighted by molar-refractivity contribution is 0.867. The average molecular weight is 233 g/mol. The molecule has 82 valence electrons. The Kier molecular flexibility index (Phi) is 3.52. The highest BCUT2D eigenvalue weighted by Gasteiger charge is 2.10. The van der Waals surface area contributed by atoms with Crippen LogP contribution in [-0.4, -0.2) is 9.97 Å². The highest BCUT2D eigenvalue weighted by molar-refractivity contribution is 6.20. The van der Waals surface area contributed by atoms with E-state index in [0.29, 0.717) is 0 Å². The summed E-state index contributed by atoms with van der Waals surface area (Å²) in [6.45, 7) is 2.05. The Morgan fingerprint density at radius 2 is 1.94 bits per heavy atom. The zero-order valence-corrected chi connectivity index (χ0v) is 9.85. The Bertz CT molecular complexity index is 456. The number of halogens is 1.